The topological polar surface area (TPSA) is 171 Å². The Morgan fingerprint density at radius 1 is 1.22 bits per heavy atom. The number of hydrogen-bond donors (Lipinski definition) is 3. The van der Waals surface area contributed by atoms with Gasteiger partial charge in [0.25, 0.3) is 5.91 Å². The number of benzene rings is 2. The van der Waals surface area contributed by atoms with Gasteiger partial charge >= 0.3 is 12.0 Å². The zero-order valence-electron chi connectivity index (χ0n) is 18.8. The fraction of sp³-hybridized carbons (Fsp3) is 0.167. The van der Waals surface area contributed by atoms with Gasteiger partial charge in [-0.3, -0.25) is 9.59 Å². The van der Waals surface area contributed by atoms with Gasteiger partial charge in [-0.2, -0.15) is 5.26 Å². The summed E-state index contributed by atoms with van der Waals surface area (Å²) in [5, 5.41) is 24.5. The summed E-state index contributed by atoms with van der Waals surface area (Å²) >= 11 is 0.898. The molecular formula is C24H17N5O7S. The summed E-state index contributed by atoms with van der Waals surface area (Å²) in [6.07, 6.45) is -0.0538. The summed E-state index contributed by atoms with van der Waals surface area (Å²) in [5.74, 6) is -1.69. The van der Waals surface area contributed by atoms with Crippen LogP contribution in [0, 0.1) is 11.3 Å². The lowest BCUT2D eigenvalue weighted by Crippen LogP contribution is -2.49. The molecule has 37 heavy (non-hydrogen) atoms. The molecule has 2 unspecified atom stereocenters. The number of hydrogen-bond acceptors (Lipinski definition) is 9. The molecular weight excluding hydrogens is 502 g/mol. The van der Waals surface area contributed by atoms with Gasteiger partial charge in [0.1, 0.15) is 12.1 Å². The van der Waals surface area contributed by atoms with Gasteiger partial charge in [0.05, 0.1) is 11.6 Å². The number of nitrogens with zero attached hydrogens (tertiary/aromatic N) is 3. The number of aromatic carboxylic acids is 1. The second-order valence-electron chi connectivity index (χ2n) is 8.06. The summed E-state index contributed by atoms with van der Waals surface area (Å²) < 4.78 is 10.7. The number of carbonyl (C=O) groups is 4. The molecule has 1 saturated heterocycles. The standard InChI is InChI=1S/C24H17N5O7S/c25-9-13-3-1-12(2-4-13)7-16(20(30)28-23-26-15(10-37-23)22(32)33)29-21(31)19(27-24(29)34)14-5-6-17-18(8-14)36-11-35-17/h1-6,8,10,16,19H,7,11H2,(H,27,34)(H,32,33)(H,26,28,30). The number of imide groups is 1. The highest BCUT2D eigenvalue weighted by atomic mass is 32.1. The summed E-state index contributed by atoms with van der Waals surface area (Å²) in [6.45, 7) is 0.0447. The van der Waals surface area contributed by atoms with Gasteiger partial charge in [-0.1, -0.05) is 18.2 Å². The van der Waals surface area contributed by atoms with Crippen molar-refractivity contribution in [3.05, 3.63) is 70.2 Å². The van der Waals surface area contributed by atoms with Crippen LogP contribution in [0.2, 0.25) is 0 Å². The van der Waals surface area contributed by atoms with Crippen LogP contribution in [0.1, 0.15) is 33.2 Å². The van der Waals surface area contributed by atoms with Gasteiger partial charge in [-0.25, -0.2) is 19.5 Å². The highest BCUT2D eigenvalue weighted by Crippen LogP contribution is 2.36. The minimum absolute atomic E-state index is 0.00611. The first kappa shape index (κ1) is 23.8. The summed E-state index contributed by atoms with van der Waals surface area (Å²) in [4.78, 5) is 55.6. The maximum atomic E-state index is 13.5. The molecule has 1 fully saturated rings. The van der Waals surface area contributed by atoms with Crippen molar-refractivity contribution in [2.24, 2.45) is 0 Å². The van der Waals surface area contributed by atoms with Crippen LogP contribution < -0.4 is 20.1 Å². The molecule has 4 amide bonds. The van der Waals surface area contributed by atoms with E-state index in [1.54, 1.807) is 42.5 Å². The van der Waals surface area contributed by atoms with Crippen LogP contribution in [0.25, 0.3) is 0 Å². The van der Waals surface area contributed by atoms with Gasteiger partial charge in [0.15, 0.2) is 22.3 Å². The quantitative estimate of drug-likeness (QED) is 0.396. The second-order valence-corrected chi connectivity index (χ2v) is 8.92. The van der Waals surface area contributed by atoms with Crippen LogP contribution >= 0.6 is 11.3 Å². The van der Waals surface area contributed by atoms with E-state index in [0.717, 1.165) is 16.2 Å². The van der Waals surface area contributed by atoms with Crippen LogP contribution in [-0.2, 0) is 16.0 Å². The van der Waals surface area contributed by atoms with E-state index in [9.17, 15) is 19.2 Å². The smallest absolute Gasteiger partial charge is 0.355 e. The average molecular weight is 519 g/mol. The Kier molecular flexibility index (Phi) is 6.16. The lowest BCUT2D eigenvalue weighted by Gasteiger charge is -2.24. The number of urea groups is 1. The third-order valence-electron chi connectivity index (χ3n) is 5.78. The van der Waals surface area contributed by atoms with Gasteiger partial charge in [-0.05, 0) is 35.4 Å². The SMILES string of the molecule is N#Cc1ccc(CC(C(=O)Nc2nc(C(=O)O)cs2)N2C(=O)NC(c3ccc4c(c3)OCO4)C2=O)cc1. The highest BCUT2D eigenvalue weighted by Gasteiger charge is 2.45. The van der Waals surface area contributed by atoms with Gasteiger partial charge in [0.2, 0.25) is 12.7 Å². The van der Waals surface area contributed by atoms with Crippen LogP contribution in [0.4, 0.5) is 9.93 Å². The molecule has 0 saturated carbocycles. The Labute approximate surface area is 213 Å². The zero-order chi connectivity index (χ0) is 26.1. The number of amides is 4. The molecule has 0 bridgehead atoms. The lowest BCUT2D eigenvalue weighted by atomic mass is 10.0. The predicted molar refractivity (Wildman–Crippen MR) is 127 cm³/mol. The van der Waals surface area contributed by atoms with Gasteiger partial charge in [-0.15, -0.1) is 11.3 Å². The van der Waals surface area contributed by atoms with Crippen LogP contribution in [-0.4, -0.2) is 51.6 Å². The molecule has 12 nitrogen and oxygen atoms in total. The second kappa shape index (κ2) is 9.59. The number of rotatable bonds is 7. The molecule has 3 heterocycles. The van der Waals surface area contributed by atoms with E-state index in [0.29, 0.717) is 28.2 Å². The summed E-state index contributed by atoms with van der Waals surface area (Å²) in [5.41, 5.74) is 1.21. The van der Waals surface area contributed by atoms with Crippen molar-refractivity contribution in [1.29, 1.82) is 5.26 Å². The first-order valence-electron chi connectivity index (χ1n) is 10.9. The van der Waals surface area contributed by atoms with Crippen LogP contribution in [0.3, 0.4) is 0 Å². The van der Waals surface area contributed by atoms with E-state index < -0.39 is 35.9 Å². The Bertz CT molecular complexity index is 1460. The van der Waals surface area contributed by atoms with E-state index in [-0.39, 0.29) is 24.0 Å². The summed E-state index contributed by atoms with van der Waals surface area (Å²) in [6, 6.07) is 10.1. The van der Waals surface area contributed by atoms with E-state index in [1.165, 1.54) is 5.38 Å². The van der Waals surface area contributed by atoms with Crippen molar-refractivity contribution in [2.45, 2.75) is 18.5 Å². The molecule has 3 aromatic rings. The fourth-order valence-corrected chi connectivity index (χ4v) is 4.65. The van der Waals surface area contributed by atoms with Gasteiger partial charge in [0, 0.05) is 11.8 Å². The number of nitrogens with one attached hydrogen (secondary N) is 2. The number of thiazole rings is 1. The lowest BCUT2D eigenvalue weighted by molar-refractivity contribution is -0.134. The molecule has 0 radical (unpaired) electrons. The minimum Gasteiger partial charge on any atom is -0.476 e. The normalized spacial score (nSPS) is 16.7. The number of anilines is 1. The summed E-state index contributed by atoms with van der Waals surface area (Å²) in [7, 11) is 0. The van der Waals surface area contributed by atoms with E-state index in [4.69, 9.17) is 19.8 Å². The molecule has 13 heteroatoms. The maximum absolute atomic E-state index is 13.5. The molecule has 1 aromatic heterocycles. The number of carboxylic acid groups (broad SMARTS) is 1. The van der Waals surface area contributed by atoms with Crippen LogP contribution in [0.5, 0.6) is 11.5 Å². The van der Waals surface area contributed by atoms with E-state index in [1.807, 2.05) is 6.07 Å². The van der Waals surface area contributed by atoms with Crippen molar-refractivity contribution >= 4 is 40.3 Å². The molecule has 0 aliphatic carbocycles. The molecule has 2 aliphatic heterocycles. The molecule has 0 spiro atoms. The van der Waals surface area contributed by atoms with Crippen molar-refractivity contribution in [3.8, 4) is 17.6 Å². The van der Waals surface area contributed by atoms with Crippen LogP contribution in [0.15, 0.2) is 47.8 Å². The first-order valence-corrected chi connectivity index (χ1v) is 11.7. The fourth-order valence-electron chi connectivity index (χ4n) is 3.97. The molecule has 186 valence electrons. The number of nitriles is 1. The monoisotopic (exact) mass is 519 g/mol. The van der Waals surface area contributed by atoms with Crippen molar-refractivity contribution < 1.29 is 33.8 Å². The predicted octanol–water partition coefficient (Wildman–Crippen LogP) is 2.28. The van der Waals surface area contributed by atoms with E-state index in [2.05, 4.69) is 15.6 Å². The third kappa shape index (κ3) is 4.65. The number of fused-ring (bicyclic) bond motifs is 1. The van der Waals surface area contributed by atoms with Gasteiger partial charge < -0.3 is 25.2 Å². The first-order chi connectivity index (χ1) is 17.8. The zero-order valence-corrected chi connectivity index (χ0v) is 19.7. The molecule has 2 atom stereocenters. The molecule has 2 aromatic carbocycles. The van der Waals surface area contributed by atoms with Crippen molar-refractivity contribution in [3.63, 3.8) is 0 Å². The number of carboxylic acids is 1. The Hall–Kier alpha value is -4.96. The Morgan fingerprint density at radius 3 is 2.68 bits per heavy atom. The number of carbonyl (C=O) groups excluding carboxylic acids is 3. The average Bonchev–Trinajstić information content (AvgIpc) is 3.62. The molecule has 2 aliphatic rings. The molecule has 5 rings (SSSR count). The third-order valence-corrected chi connectivity index (χ3v) is 6.54. The Morgan fingerprint density at radius 2 is 1.97 bits per heavy atom. The molecule has 3 N–H and O–H groups in total. The van der Waals surface area contributed by atoms with Crippen molar-refractivity contribution in [2.75, 3.05) is 12.1 Å². The largest absolute Gasteiger partial charge is 0.476 e. The number of ether oxygens (including phenoxy) is 2. The maximum Gasteiger partial charge on any atom is 0.355 e. The number of aromatic nitrogens is 1. The highest BCUT2D eigenvalue weighted by molar-refractivity contribution is 7.14. The van der Waals surface area contributed by atoms with Crippen molar-refractivity contribution in [1.82, 2.24) is 15.2 Å². The Balaban J connectivity index is 1.44. The minimum atomic E-state index is -1.29. The van der Waals surface area contributed by atoms with E-state index >= 15 is 0 Å².